The first-order valence-electron chi connectivity index (χ1n) is 7.79. The van der Waals surface area contributed by atoms with Crippen LogP contribution in [0.4, 0.5) is 4.79 Å². The Kier molecular flexibility index (Phi) is 2.89. The zero-order valence-corrected chi connectivity index (χ0v) is 12.7. The van der Waals surface area contributed by atoms with Crippen molar-refractivity contribution in [3.63, 3.8) is 0 Å². The van der Waals surface area contributed by atoms with Crippen LogP contribution in [0, 0.1) is 5.41 Å². The van der Waals surface area contributed by atoms with Crippen LogP contribution in [-0.2, 0) is 11.3 Å². The number of aromatic nitrogens is 3. The normalized spacial score (nSPS) is 31.4. The molecule has 1 saturated carbocycles. The van der Waals surface area contributed by atoms with Gasteiger partial charge in [-0.05, 0) is 37.2 Å². The first kappa shape index (κ1) is 13.5. The number of carbonyl (C=O) groups is 1. The molecule has 2 aromatic rings. The fraction of sp³-hybridized carbons (Fsp3) is 0.562. The van der Waals surface area contributed by atoms with Gasteiger partial charge in [-0.25, -0.2) is 9.78 Å². The van der Waals surface area contributed by atoms with Crippen LogP contribution in [0.15, 0.2) is 24.8 Å². The van der Waals surface area contributed by atoms with Gasteiger partial charge < -0.3 is 14.6 Å². The van der Waals surface area contributed by atoms with Crippen LogP contribution in [0.1, 0.15) is 32.6 Å². The average molecular weight is 300 g/mol. The number of rotatable bonds is 2. The lowest BCUT2D eigenvalue weighted by atomic mass is 9.68. The molecule has 6 nitrogen and oxygen atoms in total. The molecule has 2 aliphatic rings. The van der Waals surface area contributed by atoms with Gasteiger partial charge >= 0.3 is 6.09 Å². The van der Waals surface area contributed by atoms with Crippen LogP contribution >= 0.6 is 0 Å². The van der Waals surface area contributed by atoms with Gasteiger partial charge in [-0.15, -0.1) is 0 Å². The maximum absolute atomic E-state index is 11.5. The Morgan fingerprint density at radius 2 is 2.36 bits per heavy atom. The van der Waals surface area contributed by atoms with Crippen LogP contribution in [0.2, 0.25) is 0 Å². The van der Waals surface area contributed by atoms with E-state index in [9.17, 15) is 4.79 Å². The van der Waals surface area contributed by atoms with Crippen LogP contribution in [-0.4, -0.2) is 32.8 Å². The zero-order chi connectivity index (χ0) is 15.2. The third-order valence-electron chi connectivity index (χ3n) is 5.00. The summed E-state index contributed by atoms with van der Waals surface area (Å²) in [6, 6.07) is 2.00. The lowest BCUT2D eigenvalue weighted by molar-refractivity contribution is -0.0265. The second-order valence-corrected chi connectivity index (χ2v) is 7.00. The van der Waals surface area contributed by atoms with E-state index in [4.69, 9.17) is 4.74 Å². The van der Waals surface area contributed by atoms with Crippen LogP contribution in [0.5, 0.6) is 0 Å². The minimum atomic E-state index is -0.317. The molecular formula is C16H20N4O2. The van der Waals surface area contributed by atoms with E-state index in [0.717, 1.165) is 43.3 Å². The molecule has 3 heterocycles. The first-order chi connectivity index (χ1) is 10.6. The van der Waals surface area contributed by atoms with E-state index in [2.05, 4.69) is 26.8 Å². The number of nitrogens with one attached hydrogen (secondary N) is 1. The van der Waals surface area contributed by atoms with E-state index in [1.165, 1.54) is 0 Å². The monoisotopic (exact) mass is 300 g/mol. The summed E-state index contributed by atoms with van der Waals surface area (Å²) in [5, 5.41) is 2.82. The number of carbonyl (C=O) groups excluding carboxylic acids is 1. The highest BCUT2D eigenvalue weighted by Gasteiger charge is 2.48. The second kappa shape index (κ2) is 4.69. The quantitative estimate of drug-likeness (QED) is 0.925. The molecule has 2 atom stereocenters. The molecule has 2 fully saturated rings. The molecule has 116 valence electrons. The third-order valence-corrected chi connectivity index (χ3v) is 5.00. The number of amides is 1. The van der Waals surface area contributed by atoms with Crippen molar-refractivity contribution in [2.45, 2.75) is 44.8 Å². The highest BCUT2D eigenvalue weighted by molar-refractivity contribution is 5.73. The van der Waals surface area contributed by atoms with E-state index >= 15 is 0 Å². The predicted molar refractivity (Wildman–Crippen MR) is 81.3 cm³/mol. The molecule has 0 aromatic carbocycles. The maximum atomic E-state index is 11.5. The Labute approximate surface area is 128 Å². The second-order valence-electron chi connectivity index (χ2n) is 7.00. The van der Waals surface area contributed by atoms with Crippen molar-refractivity contribution in [3.05, 3.63) is 24.8 Å². The number of alkyl carbamates (subject to hydrolysis) is 1. The van der Waals surface area contributed by atoms with Crippen LogP contribution in [0.3, 0.4) is 0 Å². The van der Waals surface area contributed by atoms with Crippen LogP contribution < -0.4 is 5.32 Å². The SMILES string of the molecule is C[C@]1(Cn2cnc3cnccc32)CCCC2(CNC(=O)O2)C1. The summed E-state index contributed by atoms with van der Waals surface area (Å²) in [6.45, 7) is 3.80. The fourth-order valence-corrected chi connectivity index (χ4v) is 4.12. The largest absolute Gasteiger partial charge is 0.441 e. The molecule has 4 rings (SSSR count). The number of pyridine rings is 1. The molecule has 1 unspecified atom stereocenters. The number of ether oxygens (including phenoxy) is 1. The summed E-state index contributed by atoms with van der Waals surface area (Å²) in [7, 11) is 0. The Bertz CT molecular complexity index is 728. The third kappa shape index (κ3) is 2.23. The van der Waals surface area contributed by atoms with Crippen molar-refractivity contribution in [3.8, 4) is 0 Å². The van der Waals surface area contributed by atoms with Gasteiger partial charge in [0.2, 0.25) is 0 Å². The minimum absolute atomic E-state index is 0.0987. The van der Waals surface area contributed by atoms with E-state index in [1.54, 1.807) is 12.4 Å². The Balaban J connectivity index is 1.60. The van der Waals surface area contributed by atoms with Gasteiger partial charge in [-0.1, -0.05) is 6.92 Å². The van der Waals surface area contributed by atoms with Crippen molar-refractivity contribution in [2.75, 3.05) is 6.54 Å². The Morgan fingerprint density at radius 3 is 3.18 bits per heavy atom. The van der Waals surface area contributed by atoms with Gasteiger partial charge in [0.15, 0.2) is 0 Å². The zero-order valence-electron chi connectivity index (χ0n) is 12.7. The summed E-state index contributed by atoms with van der Waals surface area (Å²) < 4.78 is 7.80. The molecule has 1 spiro atoms. The van der Waals surface area contributed by atoms with E-state index in [0.29, 0.717) is 6.54 Å². The molecule has 1 aliphatic heterocycles. The van der Waals surface area contributed by atoms with E-state index < -0.39 is 0 Å². The minimum Gasteiger partial charge on any atom is -0.441 e. The average Bonchev–Trinajstić information content (AvgIpc) is 3.03. The topological polar surface area (TPSA) is 69.0 Å². The number of hydrogen-bond donors (Lipinski definition) is 1. The number of nitrogens with zero attached hydrogens (tertiary/aromatic N) is 3. The molecule has 22 heavy (non-hydrogen) atoms. The highest BCUT2D eigenvalue weighted by Crippen LogP contribution is 2.45. The summed E-state index contributed by atoms with van der Waals surface area (Å²) in [6.07, 6.45) is 9.27. The van der Waals surface area contributed by atoms with E-state index in [-0.39, 0.29) is 17.1 Å². The molecule has 1 aliphatic carbocycles. The van der Waals surface area contributed by atoms with Gasteiger partial charge in [-0.2, -0.15) is 0 Å². The van der Waals surface area contributed by atoms with Crippen molar-refractivity contribution < 1.29 is 9.53 Å². The summed E-state index contributed by atoms with van der Waals surface area (Å²) in [5.41, 5.74) is 1.81. The van der Waals surface area contributed by atoms with Gasteiger partial charge in [0.25, 0.3) is 0 Å². The van der Waals surface area contributed by atoms with Crippen molar-refractivity contribution in [1.82, 2.24) is 19.9 Å². The molecule has 1 amide bonds. The molecule has 0 bridgehead atoms. The summed E-state index contributed by atoms with van der Waals surface area (Å²) in [5.74, 6) is 0. The fourth-order valence-electron chi connectivity index (χ4n) is 4.12. The summed E-state index contributed by atoms with van der Waals surface area (Å²) in [4.78, 5) is 20.0. The molecule has 0 radical (unpaired) electrons. The van der Waals surface area contributed by atoms with Crippen LogP contribution in [0.25, 0.3) is 11.0 Å². The highest BCUT2D eigenvalue weighted by atomic mass is 16.6. The van der Waals surface area contributed by atoms with E-state index in [1.807, 2.05) is 12.4 Å². The number of hydrogen-bond acceptors (Lipinski definition) is 4. The number of imidazole rings is 1. The summed E-state index contributed by atoms with van der Waals surface area (Å²) >= 11 is 0. The number of fused-ring (bicyclic) bond motifs is 1. The molecule has 1 N–H and O–H groups in total. The smallest absolute Gasteiger partial charge is 0.407 e. The Hall–Kier alpha value is -2.11. The Morgan fingerprint density at radius 1 is 1.45 bits per heavy atom. The predicted octanol–water partition coefficient (Wildman–Crippen LogP) is 2.49. The van der Waals surface area contributed by atoms with Gasteiger partial charge in [-0.3, -0.25) is 4.98 Å². The van der Waals surface area contributed by atoms with Crippen molar-refractivity contribution in [2.24, 2.45) is 5.41 Å². The lowest BCUT2D eigenvalue weighted by Crippen LogP contribution is -2.44. The standard InChI is InChI=1S/C16H20N4O2/c1-15(4-2-5-16(8-15)9-18-14(21)22-16)10-20-11-19-12-7-17-6-3-13(12)20/h3,6-7,11H,2,4-5,8-10H2,1H3,(H,18,21)/t15-,16?/m0/s1. The maximum Gasteiger partial charge on any atom is 0.407 e. The van der Waals surface area contributed by atoms with Gasteiger partial charge in [0.1, 0.15) is 11.1 Å². The molecular weight excluding hydrogens is 280 g/mol. The molecule has 1 saturated heterocycles. The van der Waals surface area contributed by atoms with Gasteiger partial charge in [0.05, 0.1) is 24.6 Å². The van der Waals surface area contributed by atoms with Gasteiger partial charge in [0, 0.05) is 12.7 Å². The van der Waals surface area contributed by atoms with Crippen molar-refractivity contribution in [1.29, 1.82) is 0 Å². The van der Waals surface area contributed by atoms with Crippen molar-refractivity contribution >= 4 is 17.1 Å². The lowest BCUT2D eigenvalue weighted by Gasteiger charge is -2.42. The first-order valence-corrected chi connectivity index (χ1v) is 7.79. The molecule has 6 heteroatoms. The molecule has 2 aromatic heterocycles.